The normalized spacial score (nSPS) is 16.9. The predicted molar refractivity (Wildman–Crippen MR) is 90.1 cm³/mol. The quantitative estimate of drug-likeness (QED) is 0.808. The molecule has 3 heterocycles. The maximum absolute atomic E-state index is 4.79. The third kappa shape index (κ3) is 3.10. The van der Waals surface area contributed by atoms with Crippen LogP contribution < -0.4 is 0 Å². The molecule has 23 heavy (non-hydrogen) atoms. The zero-order chi connectivity index (χ0) is 15.6. The van der Waals surface area contributed by atoms with E-state index in [4.69, 9.17) is 4.98 Å². The Morgan fingerprint density at radius 1 is 1.17 bits per heavy atom. The van der Waals surface area contributed by atoms with Crippen LogP contribution in [0.5, 0.6) is 0 Å². The first-order valence-corrected chi connectivity index (χ1v) is 8.20. The minimum atomic E-state index is 0.533. The fourth-order valence-corrected chi connectivity index (χ4v) is 3.37. The van der Waals surface area contributed by atoms with Crippen molar-refractivity contribution in [3.63, 3.8) is 0 Å². The number of aromatic nitrogens is 4. The lowest BCUT2D eigenvalue weighted by molar-refractivity contribution is 0.202. The molecule has 1 N–H and O–H groups in total. The van der Waals surface area contributed by atoms with Crippen LogP contribution in [0.15, 0.2) is 36.9 Å². The Balaban J connectivity index is 1.42. The van der Waals surface area contributed by atoms with Gasteiger partial charge in [-0.3, -0.25) is 4.90 Å². The van der Waals surface area contributed by atoms with Crippen molar-refractivity contribution in [2.24, 2.45) is 0 Å². The first-order valence-electron chi connectivity index (χ1n) is 8.20. The van der Waals surface area contributed by atoms with Crippen LogP contribution in [0.1, 0.15) is 35.7 Å². The molecule has 0 saturated carbocycles. The molecule has 5 heteroatoms. The Hall–Kier alpha value is -2.27. The van der Waals surface area contributed by atoms with Crippen molar-refractivity contribution in [1.82, 2.24) is 24.8 Å². The number of H-pyrrole nitrogens is 1. The summed E-state index contributed by atoms with van der Waals surface area (Å²) in [6, 6.07) is 6.41. The number of piperidine rings is 1. The molecule has 1 saturated heterocycles. The van der Waals surface area contributed by atoms with E-state index >= 15 is 0 Å². The van der Waals surface area contributed by atoms with Gasteiger partial charge in [0.15, 0.2) is 0 Å². The Bertz CT molecular complexity index is 788. The molecule has 118 valence electrons. The zero-order valence-corrected chi connectivity index (χ0v) is 13.4. The van der Waals surface area contributed by atoms with Gasteiger partial charge in [0.25, 0.3) is 0 Å². The van der Waals surface area contributed by atoms with Crippen LogP contribution in [0.25, 0.3) is 11.0 Å². The second-order valence-corrected chi connectivity index (χ2v) is 6.44. The summed E-state index contributed by atoms with van der Waals surface area (Å²) in [5.74, 6) is 1.68. The first kappa shape index (κ1) is 14.3. The minimum Gasteiger partial charge on any atom is -0.342 e. The van der Waals surface area contributed by atoms with Crippen LogP contribution >= 0.6 is 0 Å². The third-order valence-corrected chi connectivity index (χ3v) is 4.65. The molecule has 1 fully saturated rings. The highest BCUT2D eigenvalue weighted by molar-refractivity contribution is 5.75. The van der Waals surface area contributed by atoms with Crippen LogP contribution in [0, 0.1) is 6.92 Å². The number of hydrogen-bond acceptors (Lipinski definition) is 4. The summed E-state index contributed by atoms with van der Waals surface area (Å²) in [5.41, 5.74) is 4.69. The average molecular weight is 307 g/mol. The standard InChI is InChI=1S/C18H21N5/c1-13-2-3-16-17(8-13)22-18(21-16)15-4-6-23(7-5-15)11-14-9-19-12-20-10-14/h2-3,8-10,12,15H,4-7,11H2,1H3,(H,21,22). The number of fused-ring (bicyclic) bond motifs is 1. The highest BCUT2D eigenvalue weighted by Crippen LogP contribution is 2.28. The number of nitrogens with zero attached hydrogens (tertiary/aromatic N) is 4. The molecule has 0 spiro atoms. The smallest absolute Gasteiger partial charge is 0.115 e. The van der Waals surface area contributed by atoms with Gasteiger partial charge in [-0.15, -0.1) is 0 Å². The number of nitrogens with one attached hydrogen (secondary N) is 1. The van der Waals surface area contributed by atoms with E-state index in [0.717, 1.165) is 49.3 Å². The lowest BCUT2D eigenvalue weighted by atomic mass is 9.96. The second-order valence-electron chi connectivity index (χ2n) is 6.44. The monoisotopic (exact) mass is 307 g/mol. The van der Waals surface area contributed by atoms with Crippen molar-refractivity contribution >= 4 is 11.0 Å². The third-order valence-electron chi connectivity index (χ3n) is 4.65. The molecular weight excluding hydrogens is 286 g/mol. The molecule has 5 nitrogen and oxygen atoms in total. The van der Waals surface area contributed by atoms with Gasteiger partial charge in [-0.25, -0.2) is 15.0 Å². The molecule has 0 aliphatic carbocycles. The Labute approximate surface area is 135 Å². The highest BCUT2D eigenvalue weighted by Gasteiger charge is 2.23. The molecule has 0 atom stereocenters. The lowest BCUT2D eigenvalue weighted by Crippen LogP contribution is -2.32. The molecule has 1 aromatic carbocycles. The van der Waals surface area contributed by atoms with Gasteiger partial charge in [0.05, 0.1) is 11.0 Å². The molecule has 3 aromatic rings. The van der Waals surface area contributed by atoms with Gasteiger partial charge in [0, 0.05) is 30.4 Å². The van der Waals surface area contributed by atoms with Gasteiger partial charge in [0.1, 0.15) is 12.2 Å². The van der Waals surface area contributed by atoms with E-state index in [2.05, 4.69) is 45.0 Å². The van der Waals surface area contributed by atoms with Gasteiger partial charge in [-0.1, -0.05) is 6.07 Å². The van der Waals surface area contributed by atoms with Crippen molar-refractivity contribution in [3.05, 3.63) is 53.9 Å². The number of hydrogen-bond donors (Lipinski definition) is 1. The van der Waals surface area contributed by atoms with E-state index in [1.165, 1.54) is 11.1 Å². The Morgan fingerprint density at radius 2 is 1.96 bits per heavy atom. The molecule has 1 aliphatic rings. The topological polar surface area (TPSA) is 57.7 Å². The summed E-state index contributed by atoms with van der Waals surface area (Å²) in [5, 5.41) is 0. The highest BCUT2D eigenvalue weighted by atomic mass is 15.1. The van der Waals surface area contributed by atoms with E-state index < -0.39 is 0 Å². The van der Waals surface area contributed by atoms with Crippen molar-refractivity contribution in [1.29, 1.82) is 0 Å². The van der Waals surface area contributed by atoms with E-state index in [0.29, 0.717) is 5.92 Å². The van der Waals surface area contributed by atoms with Gasteiger partial charge >= 0.3 is 0 Å². The number of benzene rings is 1. The zero-order valence-electron chi connectivity index (χ0n) is 13.4. The number of aryl methyl sites for hydroxylation is 1. The Morgan fingerprint density at radius 3 is 2.74 bits per heavy atom. The molecule has 4 rings (SSSR count). The molecule has 0 radical (unpaired) electrons. The fourth-order valence-electron chi connectivity index (χ4n) is 3.37. The molecule has 0 unspecified atom stereocenters. The summed E-state index contributed by atoms with van der Waals surface area (Å²) in [7, 11) is 0. The number of aromatic amines is 1. The SMILES string of the molecule is Cc1ccc2nc(C3CCN(Cc4cncnc4)CC3)[nH]c2c1. The summed E-state index contributed by atoms with van der Waals surface area (Å²) in [6.07, 6.45) is 7.68. The minimum absolute atomic E-state index is 0.533. The lowest BCUT2D eigenvalue weighted by Gasteiger charge is -2.30. The van der Waals surface area contributed by atoms with Crippen molar-refractivity contribution in [2.45, 2.75) is 32.2 Å². The summed E-state index contributed by atoms with van der Waals surface area (Å²) in [4.78, 5) is 19.0. The predicted octanol–water partition coefficient (Wildman–Crippen LogP) is 3.04. The molecular formula is C18H21N5. The Kier molecular flexibility index (Phi) is 3.79. The van der Waals surface area contributed by atoms with Crippen LogP contribution in [0.4, 0.5) is 0 Å². The van der Waals surface area contributed by atoms with Gasteiger partial charge in [-0.05, 0) is 50.6 Å². The second kappa shape index (κ2) is 6.08. The van der Waals surface area contributed by atoms with Crippen LogP contribution in [0.2, 0.25) is 0 Å². The maximum Gasteiger partial charge on any atom is 0.115 e. The summed E-state index contributed by atoms with van der Waals surface area (Å²) >= 11 is 0. The van der Waals surface area contributed by atoms with E-state index in [1.54, 1.807) is 6.33 Å². The van der Waals surface area contributed by atoms with Crippen molar-refractivity contribution < 1.29 is 0 Å². The van der Waals surface area contributed by atoms with E-state index in [9.17, 15) is 0 Å². The molecule has 0 bridgehead atoms. The van der Waals surface area contributed by atoms with Crippen LogP contribution in [-0.4, -0.2) is 37.9 Å². The largest absolute Gasteiger partial charge is 0.342 e. The van der Waals surface area contributed by atoms with Crippen LogP contribution in [-0.2, 0) is 6.54 Å². The molecule has 2 aromatic heterocycles. The summed E-state index contributed by atoms with van der Waals surface area (Å²) in [6.45, 7) is 5.24. The molecule has 0 amide bonds. The first-order chi connectivity index (χ1) is 11.3. The van der Waals surface area contributed by atoms with Gasteiger partial charge < -0.3 is 4.98 Å². The molecule has 1 aliphatic heterocycles. The number of likely N-dealkylation sites (tertiary alicyclic amines) is 1. The summed E-state index contributed by atoms with van der Waals surface area (Å²) < 4.78 is 0. The van der Waals surface area contributed by atoms with Gasteiger partial charge in [0.2, 0.25) is 0 Å². The number of rotatable bonds is 3. The van der Waals surface area contributed by atoms with Crippen molar-refractivity contribution in [2.75, 3.05) is 13.1 Å². The van der Waals surface area contributed by atoms with Gasteiger partial charge in [-0.2, -0.15) is 0 Å². The van der Waals surface area contributed by atoms with Crippen LogP contribution in [0.3, 0.4) is 0 Å². The van der Waals surface area contributed by atoms with E-state index in [1.807, 2.05) is 12.4 Å². The van der Waals surface area contributed by atoms with E-state index in [-0.39, 0.29) is 0 Å². The maximum atomic E-state index is 4.79. The van der Waals surface area contributed by atoms with Crippen molar-refractivity contribution in [3.8, 4) is 0 Å². The fraction of sp³-hybridized carbons (Fsp3) is 0.389. The number of imidazole rings is 1. The average Bonchev–Trinajstić information content (AvgIpc) is 2.99.